The van der Waals surface area contributed by atoms with E-state index in [0.29, 0.717) is 46.7 Å². The number of carbonyl (C=O) groups is 1. The molecule has 0 fully saturated rings. The van der Waals surface area contributed by atoms with E-state index in [0.717, 1.165) is 10.5 Å². The van der Waals surface area contributed by atoms with Crippen LogP contribution in [0.4, 0.5) is 0 Å². The number of phenolic OH excluding ortho intramolecular Hbond substituents is 1. The van der Waals surface area contributed by atoms with Crippen molar-refractivity contribution in [2.75, 3.05) is 34.8 Å². The fourth-order valence-corrected chi connectivity index (χ4v) is 4.47. The minimum Gasteiger partial charge on any atom is -0.507 e. The summed E-state index contributed by atoms with van der Waals surface area (Å²) in [6.07, 6.45) is 0. The minimum absolute atomic E-state index is 0. The monoisotopic (exact) mass is 514 g/mol. The third-order valence-corrected chi connectivity index (χ3v) is 5.80. The largest absolute Gasteiger partial charge is 0.507 e. The molecule has 0 aliphatic rings. The summed E-state index contributed by atoms with van der Waals surface area (Å²) in [7, 11) is 7.74. The first-order valence-corrected chi connectivity index (χ1v) is 11.2. The Morgan fingerprint density at radius 3 is 2.27 bits per heavy atom. The van der Waals surface area contributed by atoms with Crippen molar-refractivity contribution in [2.24, 2.45) is 0 Å². The summed E-state index contributed by atoms with van der Waals surface area (Å²) in [4.78, 5) is 17.9. The number of furan rings is 1. The van der Waals surface area contributed by atoms with Crippen LogP contribution in [0.5, 0.6) is 5.75 Å². The molecule has 0 saturated carbocycles. The van der Waals surface area contributed by atoms with E-state index >= 15 is 0 Å². The van der Waals surface area contributed by atoms with Gasteiger partial charge in [-0.1, -0.05) is 18.2 Å². The molecule has 3 aromatic rings. The van der Waals surface area contributed by atoms with Crippen molar-refractivity contribution in [2.45, 2.75) is 30.7 Å². The molecule has 33 heavy (non-hydrogen) atoms. The first-order valence-electron chi connectivity index (χ1n) is 10.2. The predicted octanol–water partition coefficient (Wildman–Crippen LogP) is 5.57. The highest BCUT2D eigenvalue weighted by atomic mass is 35.5. The van der Waals surface area contributed by atoms with Crippen LogP contribution >= 0.6 is 36.6 Å². The second kappa shape index (κ2) is 13.1. The maximum Gasteiger partial charge on any atom is 0.342 e. The number of hydrogen-bond acceptors (Lipinski definition) is 7. The van der Waals surface area contributed by atoms with Crippen LogP contribution < -0.4 is 0 Å². The Morgan fingerprint density at radius 1 is 1.06 bits per heavy atom. The molecular formula is C24H32Cl2N2O4S. The summed E-state index contributed by atoms with van der Waals surface area (Å²) in [6.45, 7) is 3.07. The number of phenols is 1. The third-order valence-electron chi connectivity index (χ3n) is 4.76. The number of benzene rings is 2. The number of rotatable bonds is 9. The van der Waals surface area contributed by atoms with Gasteiger partial charge in [0.15, 0.2) is 0 Å². The molecular weight excluding hydrogens is 483 g/mol. The number of carbonyl (C=O) groups excluding carboxylic acids is 1. The molecule has 0 amide bonds. The van der Waals surface area contributed by atoms with Crippen LogP contribution in [0.1, 0.15) is 34.2 Å². The average Bonchev–Trinajstić information content (AvgIpc) is 3.05. The number of halogens is 2. The topological polar surface area (TPSA) is 66.2 Å². The Morgan fingerprint density at radius 2 is 1.70 bits per heavy atom. The van der Waals surface area contributed by atoms with E-state index in [1.165, 1.54) is 0 Å². The molecule has 1 N–H and O–H groups in total. The smallest absolute Gasteiger partial charge is 0.342 e. The first kappa shape index (κ1) is 29.1. The summed E-state index contributed by atoms with van der Waals surface area (Å²) in [5, 5.41) is 11.8. The van der Waals surface area contributed by atoms with Gasteiger partial charge in [-0.05, 0) is 53.3 Å². The Kier molecular flexibility index (Phi) is 11.6. The van der Waals surface area contributed by atoms with Crippen molar-refractivity contribution in [3.63, 3.8) is 0 Å². The summed E-state index contributed by atoms with van der Waals surface area (Å²) >= 11 is 1.61. The highest BCUT2D eigenvalue weighted by Gasteiger charge is 2.27. The summed E-state index contributed by atoms with van der Waals surface area (Å²) in [5.41, 5.74) is 2.46. The van der Waals surface area contributed by atoms with Crippen molar-refractivity contribution >= 4 is 53.5 Å². The van der Waals surface area contributed by atoms with Crippen LogP contribution in [0.25, 0.3) is 11.0 Å². The summed E-state index contributed by atoms with van der Waals surface area (Å²) in [6, 6.07) is 11.8. The number of ether oxygens (including phenoxy) is 1. The molecule has 0 spiro atoms. The quantitative estimate of drug-likeness (QED) is 0.295. The van der Waals surface area contributed by atoms with E-state index in [1.54, 1.807) is 18.7 Å². The van der Waals surface area contributed by atoms with Crippen LogP contribution in [0.2, 0.25) is 0 Å². The van der Waals surface area contributed by atoms with E-state index < -0.39 is 5.97 Å². The number of aromatic hydroxyl groups is 1. The van der Waals surface area contributed by atoms with Gasteiger partial charge in [0.05, 0.1) is 13.2 Å². The van der Waals surface area contributed by atoms with Gasteiger partial charge < -0.3 is 24.1 Å². The third kappa shape index (κ3) is 7.04. The van der Waals surface area contributed by atoms with Crippen molar-refractivity contribution in [3.05, 3.63) is 58.8 Å². The SMILES string of the molecule is CCOC(=O)c1c(CN(C)C)oc2cc(CN(C)C)c(O)c(CSc3ccccc3)c12.Cl.Cl. The Labute approximate surface area is 212 Å². The van der Waals surface area contributed by atoms with Crippen molar-refractivity contribution in [3.8, 4) is 5.75 Å². The summed E-state index contributed by atoms with van der Waals surface area (Å²) < 4.78 is 11.5. The van der Waals surface area contributed by atoms with Crippen LogP contribution in [0, 0.1) is 0 Å². The molecule has 0 aliphatic heterocycles. The number of hydrogen-bond donors (Lipinski definition) is 1. The van der Waals surface area contributed by atoms with E-state index in [-0.39, 0.29) is 37.2 Å². The molecule has 0 atom stereocenters. The van der Waals surface area contributed by atoms with Gasteiger partial charge >= 0.3 is 5.97 Å². The molecule has 182 valence electrons. The number of thioether (sulfide) groups is 1. The minimum atomic E-state index is -0.427. The molecule has 1 heterocycles. The fraction of sp³-hybridized carbons (Fsp3) is 0.375. The molecule has 1 aromatic heterocycles. The molecule has 0 unspecified atom stereocenters. The zero-order valence-corrected chi connectivity index (χ0v) is 22.0. The highest BCUT2D eigenvalue weighted by molar-refractivity contribution is 7.98. The average molecular weight is 516 g/mol. The van der Waals surface area contributed by atoms with Gasteiger partial charge in [0.2, 0.25) is 0 Å². The van der Waals surface area contributed by atoms with Crippen LogP contribution in [-0.4, -0.2) is 55.7 Å². The standard InChI is InChI=1S/C24H30N2O4S.2ClH/c1-6-29-24(28)22-20(14-26(4)5)30-19-12-16(13-25(2)3)23(27)18(21(19)22)15-31-17-10-8-7-9-11-17;;/h7-12,27H,6,13-15H2,1-5H3;2*1H. The van der Waals surface area contributed by atoms with Crippen LogP contribution in [-0.2, 0) is 23.6 Å². The van der Waals surface area contributed by atoms with Crippen molar-refractivity contribution < 1.29 is 19.1 Å². The van der Waals surface area contributed by atoms with Crippen molar-refractivity contribution in [1.82, 2.24) is 9.80 Å². The lowest BCUT2D eigenvalue weighted by Gasteiger charge is -2.15. The van der Waals surface area contributed by atoms with Crippen molar-refractivity contribution in [1.29, 1.82) is 0 Å². The van der Waals surface area contributed by atoms with Gasteiger partial charge in [-0.15, -0.1) is 36.6 Å². The van der Waals surface area contributed by atoms with Gasteiger partial charge in [-0.25, -0.2) is 4.79 Å². The molecule has 0 saturated heterocycles. The second-order valence-electron chi connectivity index (χ2n) is 7.93. The zero-order valence-electron chi connectivity index (χ0n) is 19.6. The van der Waals surface area contributed by atoms with E-state index in [1.807, 2.05) is 74.4 Å². The zero-order chi connectivity index (χ0) is 22.5. The fourth-order valence-electron chi connectivity index (χ4n) is 3.53. The van der Waals surface area contributed by atoms with E-state index in [2.05, 4.69) is 0 Å². The predicted molar refractivity (Wildman–Crippen MR) is 139 cm³/mol. The summed E-state index contributed by atoms with van der Waals surface area (Å²) in [5.74, 6) is 0.822. The molecule has 6 nitrogen and oxygen atoms in total. The maximum absolute atomic E-state index is 12.9. The van der Waals surface area contributed by atoms with Gasteiger partial charge in [0, 0.05) is 33.7 Å². The lowest BCUT2D eigenvalue weighted by molar-refractivity contribution is 0.0524. The molecule has 9 heteroatoms. The van der Waals surface area contributed by atoms with Gasteiger partial charge in [-0.3, -0.25) is 0 Å². The number of esters is 1. The van der Waals surface area contributed by atoms with E-state index in [9.17, 15) is 9.90 Å². The second-order valence-corrected chi connectivity index (χ2v) is 8.98. The lowest BCUT2D eigenvalue weighted by atomic mass is 10.0. The highest BCUT2D eigenvalue weighted by Crippen LogP contribution is 2.40. The molecule has 0 aliphatic carbocycles. The van der Waals surface area contributed by atoms with Gasteiger partial charge in [0.1, 0.15) is 22.7 Å². The maximum atomic E-state index is 12.9. The molecule has 0 bridgehead atoms. The van der Waals surface area contributed by atoms with Gasteiger partial charge in [-0.2, -0.15) is 0 Å². The van der Waals surface area contributed by atoms with Gasteiger partial charge in [0.25, 0.3) is 0 Å². The molecule has 0 radical (unpaired) electrons. The molecule has 3 rings (SSSR count). The molecule has 2 aromatic carbocycles. The lowest BCUT2D eigenvalue weighted by Crippen LogP contribution is -2.14. The Hall–Kier alpha value is -1.90. The number of fused-ring (bicyclic) bond motifs is 1. The van der Waals surface area contributed by atoms with E-state index in [4.69, 9.17) is 9.15 Å². The Balaban J connectivity index is 0.00000272. The number of nitrogens with zero attached hydrogens (tertiary/aromatic N) is 2. The van der Waals surface area contributed by atoms with Crippen LogP contribution in [0.3, 0.4) is 0 Å². The van der Waals surface area contributed by atoms with Crippen LogP contribution in [0.15, 0.2) is 45.7 Å². The first-order chi connectivity index (χ1) is 14.8. The Bertz CT molecular complexity index is 1060. The normalized spacial score (nSPS) is 10.9.